The van der Waals surface area contributed by atoms with Gasteiger partial charge in [0.2, 0.25) is 10.0 Å². The van der Waals surface area contributed by atoms with Gasteiger partial charge < -0.3 is 0 Å². The first-order chi connectivity index (χ1) is 10.4. The minimum atomic E-state index is -3.48. The molecule has 126 valence electrons. The SMILES string of the molecule is CCCCn1cc(S(=O)(=O)NCC(C)N2CCCC2)c(C)n1. The molecule has 2 rings (SSSR count). The molecule has 6 nitrogen and oxygen atoms in total. The maximum absolute atomic E-state index is 12.5. The first-order valence-electron chi connectivity index (χ1n) is 8.22. The monoisotopic (exact) mass is 328 g/mol. The van der Waals surface area contributed by atoms with Crippen molar-refractivity contribution >= 4 is 10.0 Å². The van der Waals surface area contributed by atoms with Crippen molar-refractivity contribution in [3.05, 3.63) is 11.9 Å². The first-order valence-corrected chi connectivity index (χ1v) is 9.70. The van der Waals surface area contributed by atoms with Crippen LogP contribution in [-0.2, 0) is 16.6 Å². The molecular formula is C15H28N4O2S. The van der Waals surface area contributed by atoms with Crippen molar-refractivity contribution in [3.8, 4) is 0 Å². The number of unbranched alkanes of at least 4 members (excludes halogenated alkanes) is 1. The topological polar surface area (TPSA) is 67.2 Å². The van der Waals surface area contributed by atoms with Gasteiger partial charge in [-0.25, -0.2) is 13.1 Å². The second-order valence-corrected chi connectivity index (χ2v) is 7.87. The van der Waals surface area contributed by atoms with Crippen LogP contribution >= 0.6 is 0 Å². The predicted octanol–water partition coefficient (Wildman–Crippen LogP) is 1.75. The summed E-state index contributed by atoms with van der Waals surface area (Å²) >= 11 is 0. The quantitative estimate of drug-likeness (QED) is 0.789. The Kier molecular flexibility index (Phi) is 6.00. The molecule has 1 atom stereocenters. The molecule has 2 heterocycles. The van der Waals surface area contributed by atoms with E-state index in [0.717, 1.165) is 32.5 Å². The Balaban J connectivity index is 1.98. The van der Waals surface area contributed by atoms with Gasteiger partial charge in [-0.1, -0.05) is 13.3 Å². The van der Waals surface area contributed by atoms with Gasteiger partial charge in [-0.15, -0.1) is 0 Å². The van der Waals surface area contributed by atoms with Crippen LogP contribution in [-0.4, -0.2) is 48.8 Å². The van der Waals surface area contributed by atoms with Crippen molar-refractivity contribution in [1.29, 1.82) is 0 Å². The summed E-state index contributed by atoms with van der Waals surface area (Å²) in [6, 6.07) is 0.229. The molecule has 1 aliphatic heterocycles. The van der Waals surface area contributed by atoms with Crippen molar-refractivity contribution in [1.82, 2.24) is 19.4 Å². The predicted molar refractivity (Wildman–Crippen MR) is 87.3 cm³/mol. The summed E-state index contributed by atoms with van der Waals surface area (Å²) in [6.45, 7) is 9.27. The van der Waals surface area contributed by atoms with E-state index in [0.29, 0.717) is 17.1 Å². The van der Waals surface area contributed by atoms with Crippen LogP contribution in [0.1, 0.15) is 45.2 Å². The van der Waals surface area contributed by atoms with Crippen LogP contribution in [0.4, 0.5) is 0 Å². The molecular weight excluding hydrogens is 300 g/mol. The fraction of sp³-hybridized carbons (Fsp3) is 0.800. The van der Waals surface area contributed by atoms with Gasteiger partial charge in [0.15, 0.2) is 0 Å². The average Bonchev–Trinajstić information content (AvgIpc) is 3.12. The van der Waals surface area contributed by atoms with Gasteiger partial charge in [0, 0.05) is 25.3 Å². The normalized spacial score (nSPS) is 18.0. The third-order valence-electron chi connectivity index (χ3n) is 4.26. The number of likely N-dealkylation sites (tertiary alicyclic amines) is 1. The lowest BCUT2D eigenvalue weighted by molar-refractivity contribution is 0.260. The molecule has 0 radical (unpaired) electrons. The van der Waals surface area contributed by atoms with Gasteiger partial charge in [-0.2, -0.15) is 5.10 Å². The van der Waals surface area contributed by atoms with Gasteiger partial charge in [0.05, 0.1) is 5.69 Å². The van der Waals surface area contributed by atoms with E-state index in [-0.39, 0.29) is 6.04 Å². The van der Waals surface area contributed by atoms with Crippen LogP contribution in [0.15, 0.2) is 11.1 Å². The highest BCUT2D eigenvalue weighted by atomic mass is 32.2. The number of hydrogen-bond donors (Lipinski definition) is 1. The highest BCUT2D eigenvalue weighted by molar-refractivity contribution is 7.89. The van der Waals surface area contributed by atoms with Crippen molar-refractivity contribution in [2.45, 2.75) is 63.9 Å². The van der Waals surface area contributed by atoms with Gasteiger partial charge in [0.25, 0.3) is 0 Å². The van der Waals surface area contributed by atoms with Crippen LogP contribution in [0.25, 0.3) is 0 Å². The molecule has 1 N–H and O–H groups in total. The van der Waals surface area contributed by atoms with E-state index in [1.165, 1.54) is 12.8 Å². The number of hydrogen-bond acceptors (Lipinski definition) is 4. The van der Waals surface area contributed by atoms with Crippen LogP contribution in [0.2, 0.25) is 0 Å². The molecule has 0 saturated carbocycles. The maximum Gasteiger partial charge on any atom is 0.244 e. The van der Waals surface area contributed by atoms with Crippen molar-refractivity contribution in [2.75, 3.05) is 19.6 Å². The molecule has 0 spiro atoms. The second kappa shape index (κ2) is 7.57. The smallest absolute Gasteiger partial charge is 0.244 e. The molecule has 1 aromatic rings. The summed E-state index contributed by atoms with van der Waals surface area (Å²) in [4.78, 5) is 2.64. The number of aryl methyl sites for hydroxylation is 2. The summed E-state index contributed by atoms with van der Waals surface area (Å²) in [6.07, 6.45) is 6.13. The van der Waals surface area contributed by atoms with Gasteiger partial charge in [0.1, 0.15) is 4.90 Å². The fourth-order valence-electron chi connectivity index (χ4n) is 2.82. The number of rotatable bonds is 8. The van der Waals surface area contributed by atoms with E-state index in [9.17, 15) is 8.42 Å². The lowest BCUT2D eigenvalue weighted by atomic mass is 10.3. The zero-order chi connectivity index (χ0) is 16.2. The Labute approximate surface area is 133 Å². The largest absolute Gasteiger partial charge is 0.299 e. The summed E-state index contributed by atoms with van der Waals surface area (Å²) in [7, 11) is -3.48. The minimum Gasteiger partial charge on any atom is -0.299 e. The number of aromatic nitrogens is 2. The number of sulfonamides is 1. The van der Waals surface area contributed by atoms with Crippen LogP contribution in [0, 0.1) is 6.92 Å². The highest BCUT2D eigenvalue weighted by Gasteiger charge is 2.23. The van der Waals surface area contributed by atoms with E-state index < -0.39 is 10.0 Å². The molecule has 1 fully saturated rings. The average molecular weight is 328 g/mol. The van der Waals surface area contributed by atoms with E-state index in [2.05, 4.69) is 28.6 Å². The molecule has 1 aromatic heterocycles. The molecule has 0 aromatic carbocycles. The van der Waals surface area contributed by atoms with E-state index in [1.807, 2.05) is 0 Å². The molecule has 22 heavy (non-hydrogen) atoms. The summed E-state index contributed by atoms with van der Waals surface area (Å²) in [5.74, 6) is 0. The van der Waals surface area contributed by atoms with Gasteiger partial charge in [-0.3, -0.25) is 9.58 Å². The van der Waals surface area contributed by atoms with Crippen LogP contribution in [0.3, 0.4) is 0 Å². The van der Waals surface area contributed by atoms with E-state index in [1.54, 1.807) is 17.8 Å². The van der Waals surface area contributed by atoms with E-state index in [4.69, 9.17) is 0 Å². The fourth-order valence-corrected chi connectivity index (χ4v) is 4.12. The zero-order valence-corrected chi connectivity index (χ0v) is 14.7. The molecule has 0 bridgehead atoms. The molecule has 0 aliphatic carbocycles. The lowest BCUT2D eigenvalue weighted by Gasteiger charge is -2.23. The standard InChI is InChI=1S/C15H28N4O2S/c1-4-5-10-19-12-15(14(3)17-19)22(20,21)16-11-13(2)18-8-6-7-9-18/h12-13,16H,4-11H2,1-3H3. The van der Waals surface area contributed by atoms with Crippen molar-refractivity contribution < 1.29 is 8.42 Å². The Morgan fingerprint density at radius 3 is 2.68 bits per heavy atom. The summed E-state index contributed by atoms with van der Waals surface area (Å²) in [5, 5.41) is 4.31. The van der Waals surface area contributed by atoms with Gasteiger partial charge >= 0.3 is 0 Å². The Morgan fingerprint density at radius 1 is 1.36 bits per heavy atom. The first kappa shape index (κ1) is 17.4. The molecule has 7 heteroatoms. The zero-order valence-electron chi connectivity index (χ0n) is 13.9. The van der Waals surface area contributed by atoms with Gasteiger partial charge in [-0.05, 0) is 46.2 Å². The molecule has 1 aliphatic rings. The maximum atomic E-state index is 12.5. The Morgan fingerprint density at radius 2 is 2.05 bits per heavy atom. The second-order valence-electron chi connectivity index (χ2n) is 6.14. The summed E-state index contributed by atoms with van der Waals surface area (Å²) < 4.78 is 29.4. The number of nitrogens with zero attached hydrogens (tertiary/aromatic N) is 3. The van der Waals surface area contributed by atoms with E-state index >= 15 is 0 Å². The van der Waals surface area contributed by atoms with Crippen LogP contribution in [0.5, 0.6) is 0 Å². The third-order valence-corrected chi connectivity index (χ3v) is 5.79. The van der Waals surface area contributed by atoms with Crippen LogP contribution < -0.4 is 4.72 Å². The van der Waals surface area contributed by atoms with Crippen molar-refractivity contribution in [3.63, 3.8) is 0 Å². The number of nitrogens with one attached hydrogen (secondary N) is 1. The molecule has 1 unspecified atom stereocenters. The van der Waals surface area contributed by atoms with Crippen molar-refractivity contribution in [2.24, 2.45) is 0 Å². The Hall–Kier alpha value is -0.920. The molecule has 1 saturated heterocycles. The minimum absolute atomic E-state index is 0.229. The highest BCUT2D eigenvalue weighted by Crippen LogP contribution is 2.15. The molecule has 0 amide bonds. The summed E-state index contributed by atoms with van der Waals surface area (Å²) in [5.41, 5.74) is 0.567. The Bertz CT molecular complexity index is 576. The lowest BCUT2D eigenvalue weighted by Crippen LogP contribution is -2.40. The third kappa shape index (κ3) is 4.30.